The lowest BCUT2D eigenvalue weighted by molar-refractivity contribution is 0.620. The number of benzene rings is 3. The fourth-order valence-corrected chi connectivity index (χ4v) is 3.74. The van der Waals surface area contributed by atoms with Gasteiger partial charge in [-0.1, -0.05) is 60.1 Å². The van der Waals surface area contributed by atoms with E-state index in [0.717, 1.165) is 5.56 Å². The Balaban J connectivity index is 1.54. The minimum absolute atomic E-state index is 0.0196. The van der Waals surface area contributed by atoms with E-state index in [1.807, 2.05) is 42.3 Å². The number of aromatic nitrogens is 2. The van der Waals surface area contributed by atoms with E-state index in [2.05, 4.69) is 26.0 Å². The van der Waals surface area contributed by atoms with Crippen molar-refractivity contribution in [2.75, 3.05) is 25.0 Å². The fraction of sp³-hybridized carbons (Fsp3) is 0.160. The number of hydrogen-bond acceptors (Lipinski definition) is 5. The Bertz CT molecular complexity index is 1340. The summed E-state index contributed by atoms with van der Waals surface area (Å²) >= 11 is 6.38. The molecular formula is C25H20ClF2N5. The maximum absolute atomic E-state index is 15.4. The van der Waals surface area contributed by atoms with Gasteiger partial charge in [-0.3, -0.25) is 0 Å². The molecule has 0 aliphatic rings. The van der Waals surface area contributed by atoms with Crippen LogP contribution in [0.2, 0.25) is 5.02 Å². The topological polar surface area (TPSA) is 53.7 Å². The lowest BCUT2D eigenvalue weighted by atomic mass is 10.0. The summed E-state index contributed by atoms with van der Waals surface area (Å²) in [4.78, 5) is 18.6. The van der Waals surface area contributed by atoms with Gasteiger partial charge in [0.05, 0.1) is 24.1 Å². The zero-order valence-corrected chi connectivity index (χ0v) is 18.6. The molecule has 0 aliphatic carbocycles. The first kappa shape index (κ1) is 22.5. The molecule has 0 aliphatic heterocycles. The van der Waals surface area contributed by atoms with E-state index in [4.69, 9.17) is 11.6 Å². The Morgan fingerprint density at radius 2 is 1.76 bits per heavy atom. The molecule has 0 N–H and O–H groups in total. The molecule has 0 saturated carbocycles. The van der Waals surface area contributed by atoms with Gasteiger partial charge in [0.1, 0.15) is 23.5 Å². The molecule has 0 radical (unpaired) electrons. The van der Waals surface area contributed by atoms with E-state index in [-0.39, 0.29) is 21.7 Å². The van der Waals surface area contributed by atoms with Gasteiger partial charge in [0.15, 0.2) is 5.82 Å². The number of rotatable bonds is 7. The number of fused-ring (bicyclic) bond motifs is 1. The van der Waals surface area contributed by atoms with E-state index in [1.165, 1.54) is 24.5 Å². The van der Waals surface area contributed by atoms with Crippen LogP contribution < -0.4 is 4.90 Å². The lowest BCUT2D eigenvalue weighted by Crippen LogP contribution is -2.22. The van der Waals surface area contributed by atoms with Crippen LogP contribution in [0.4, 0.5) is 14.6 Å². The number of aliphatic imine (C=N–C) groups is 2. The number of hydrogen-bond donors (Lipinski definition) is 0. The molecule has 1 aromatic heterocycles. The number of anilines is 1. The molecule has 33 heavy (non-hydrogen) atoms. The van der Waals surface area contributed by atoms with Gasteiger partial charge < -0.3 is 4.90 Å². The molecule has 3 aromatic carbocycles. The maximum Gasteiger partial charge on any atom is 0.159 e. The first-order chi connectivity index (χ1) is 16.1. The molecule has 8 heteroatoms. The Hall–Kier alpha value is -3.67. The average Bonchev–Trinajstić information content (AvgIpc) is 2.82. The average molecular weight is 464 g/mol. The Kier molecular flexibility index (Phi) is 7.03. The first-order valence-corrected chi connectivity index (χ1v) is 10.6. The standard InChI is InChI=1S/C25H20ClF2N5/c1-33(12-11-29-15-30-14-17-7-3-2-4-8-17)25-19-13-20(26)22(18-9-5-6-10-21(18)27)23(28)24(19)31-16-32-25/h2-10,13,16H,11-12,14H2,1H3. The van der Waals surface area contributed by atoms with Crippen LogP contribution in [-0.4, -0.2) is 36.1 Å². The van der Waals surface area contributed by atoms with Crippen molar-refractivity contribution in [1.29, 1.82) is 0 Å². The summed E-state index contributed by atoms with van der Waals surface area (Å²) in [5, 5.41) is 0.518. The minimum Gasteiger partial charge on any atom is -0.357 e. The van der Waals surface area contributed by atoms with Crippen molar-refractivity contribution in [2.24, 2.45) is 9.98 Å². The summed E-state index contributed by atoms with van der Waals surface area (Å²) in [5.74, 6) is -0.751. The van der Waals surface area contributed by atoms with Crippen molar-refractivity contribution < 1.29 is 8.78 Å². The fourth-order valence-electron chi connectivity index (χ4n) is 3.45. The quantitative estimate of drug-likeness (QED) is 0.314. The third-order valence-corrected chi connectivity index (χ3v) is 5.40. The summed E-state index contributed by atoms with van der Waals surface area (Å²) in [6, 6.07) is 20.0. The molecule has 5 nitrogen and oxygen atoms in total. The Morgan fingerprint density at radius 3 is 2.55 bits per heavy atom. The zero-order valence-electron chi connectivity index (χ0n) is 17.8. The second-order valence-corrected chi connectivity index (χ2v) is 7.73. The van der Waals surface area contributed by atoms with Crippen molar-refractivity contribution in [3.63, 3.8) is 0 Å². The van der Waals surface area contributed by atoms with Crippen LogP contribution in [0.15, 0.2) is 77.0 Å². The molecule has 0 saturated heterocycles. The van der Waals surface area contributed by atoms with E-state index in [9.17, 15) is 4.39 Å². The van der Waals surface area contributed by atoms with Crippen LogP contribution in [0.25, 0.3) is 22.0 Å². The minimum atomic E-state index is -0.689. The predicted molar refractivity (Wildman–Crippen MR) is 128 cm³/mol. The predicted octanol–water partition coefficient (Wildman–Crippen LogP) is 6.04. The van der Waals surface area contributed by atoms with Gasteiger partial charge in [-0.2, -0.15) is 0 Å². The highest BCUT2D eigenvalue weighted by molar-refractivity contribution is 6.34. The number of nitrogens with zero attached hydrogens (tertiary/aromatic N) is 5. The van der Waals surface area contributed by atoms with Gasteiger partial charge in [0.2, 0.25) is 0 Å². The summed E-state index contributed by atoms with van der Waals surface area (Å²) in [7, 11) is 1.81. The van der Waals surface area contributed by atoms with Gasteiger partial charge in [-0.05, 0) is 17.7 Å². The smallest absolute Gasteiger partial charge is 0.159 e. The summed E-state index contributed by atoms with van der Waals surface area (Å²) in [6.45, 7) is 1.43. The zero-order chi connectivity index (χ0) is 23.2. The monoisotopic (exact) mass is 463 g/mol. The third kappa shape index (κ3) is 5.06. The summed E-state index contributed by atoms with van der Waals surface area (Å²) < 4.78 is 29.6. The van der Waals surface area contributed by atoms with Crippen LogP contribution in [-0.2, 0) is 6.54 Å². The molecule has 1 heterocycles. The SMILES string of the molecule is CN(CCN=C=NCc1ccccc1)c1ncnc2c(F)c(-c3ccccc3F)c(Cl)cc12. The molecule has 0 amide bonds. The van der Waals surface area contributed by atoms with Crippen molar-refractivity contribution in [1.82, 2.24) is 9.97 Å². The molecule has 0 spiro atoms. The Morgan fingerprint density at radius 1 is 1.00 bits per heavy atom. The lowest BCUT2D eigenvalue weighted by Gasteiger charge is -2.19. The molecule has 0 fully saturated rings. The van der Waals surface area contributed by atoms with Crippen LogP contribution in [0, 0.1) is 11.6 Å². The van der Waals surface area contributed by atoms with Gasteiger partial charge in [0.25, 0.3) is 0 Å². The van der Waals surface area contributed by atoms with E-state index in [1.54, 1.807) is 12.1 Å². The highest BCUT2D eigenvalue weighted by atomic mass is 35.5. The van der Waals surface area contributed by atoms with Crippen molar-refractivity contribution >= 4 is 34.3 Å². The maximum atomic E-state index is 15.4. The van der Waals surface area contributed by atoms with Gasteiger partial charge in [0, 0.05) is 30.1 Å². The first-order valence-electron chi connectivity index (χ1n) is 10.3. The van der Waals surface area contributed by atoms with E-state index < -0.39 is 11.6 Å². The largest absolute Gasteiger partial charge is 0.357 e. The summed E-state index contributed by atoms with van der Waals surface area (Å²) in [6.07, 6.45) is 1.28. The van der Waals surface area contributed by atoms with Crippen LogP contribution in [0.3, 0.4) is 0 Å². The normalized spacial score (nSPS) is 10.7. The van der Waals surface area contributed by atoms with Crippen molar-refractivity contribution in [3.8, 4) is 11.1 Å². The molecule has 4 rings (SSSR count). The second kappa shape index (κ2) is 10.3. The van der Waals surface area contributed by atoms with Crippen molar-refractivity contribution in [3.05, 3.63) is 89.2 Å². The highest BCUT2D eigenvalue weighted by Gasteiger charge is 2.20. The molecule has 0 unspecified atom stereocenters. The molecule has 166 valence electrons. The van der Waals surface area contributed by atoms with E-state index >= 15 is 4.39 Å². The van der Waals surface area contributed by atoms with Crippen molar-refractivity contribution in [2.45, 2.75) is 6.54 Å². The number of likely N-dealkylation sites (N-methyl/N-ethyl adjacent to an activating group) is 1. The Labute approximate surface area is 195 Å². The van der Waals surface area contributed by atoms with E-state index in [0.29, 0.717) is 30.8 Å². The van der Waals surface area contributed by atoms with Gasteiger partial charge in [-0.25, -0.2) is 28.7 Å². The molecule has 0 bridgehead atoms. The number of halogens is 3. The van der Waals surface area contributed by atoms with Gasteiger partial charge >= 0.3 is 0 Å². The summed E-state index contributed by atoms with van der Waals surface area (Å²) in [5.41, 5.74) is 1.22. The van der Waals surface area contributed by atoms with Crippen LogP contribution >= 0.6 is 11.6 Å². The highest BCUT2D eigenvalue weighted by Crippen LogP contribution is 2.38. The molecule has 4 aromatic rings. The second-order valence-electron chi connectivity index (χ2n) is 7.33. The third-order valence-electron chi connectivity index (χ3n) is 5.10. The molecular weight excluding hydrogens is 444 g/mol. The van der Waals surface area contributed by atoms with Crippen LogP contribution in [0.1, 0.15) is 5.56 Å². The molecule has 0 atom stereocenters. The van der Waals surface area contributed by atoms with Gasteiger partial charge in [-0.15, -0.1) is 0 Å². The van der Waals surface area contributed by atoms with Crippen LogP contribution in [0.5, 0.6) is 0 Å².